The summed E-state index contributed by atoms with van der Waals surface area (Å²) in [6, 6.07) is 14.9. The van der Waals surface area contributed by atoms with Gasteiger partial charge < -0.3 is 19.5 Å². The second kappa shape index (κ2) is 9.68. The number of hydrogen-bond donors (Lipinski definition) is 1. The van der Waals surface area contributed by atoms with Crippen molar-refractivity contribution in [2.75, 3.05) is 16.8 Å². The van der Waals surface area contributed by atoms with Crippen molar-refractivity contribution in [1.29, 1.82) is 0 Å². The molecule has 2 aromatic carbocycles. The molecule has 0 unspecified atom stereocenters. The van der Waals surface area contributed by atoms with E-state index in [1.165, 1.54) is 0 Å². The van der Waals surface area contributed by atoms with Crippen molar-refractivity contribution in [1.82, 2.24) is 5.16 Å². The Morgan fingerprint density at radius 1 is 1.16 bits per heavy atom. The van der Waals surface area contributed by atoms with Gasteiger partial charge >= 0.3 is 0 Å². The molecule has 0 bridgehead atoms. The monoisotopic (exact) mass is 433 g/mol. The minimum Gasteiger partial charge on any atom is -0.489 e. The molecule has 1 aliphatic rings. The number of aromatic nitrogens is 1. The van der Waals surface area contributed by atoms with Crippen LogP contribution in [0.1, 0.15) is 41.8 Å². The Kier molecular flexibility index (Phi) is 6.54. The molecular weight excluding hydrogens is 406 g/mol. The maximum absolute atomic E-state index is 12.5. The van der Waals surface area contributed by atoms with Crippen LogP contribution in [0.5, 0.6) is 5.75 Å². The molecule has 0 radical (unpaired) electrons. The molecule has 1 N–H and O–H groups in total. The molecule has 3 aromatic rings. The van der Waals surface area contributed by atoms with Crippen LogP contribution in [0.2, 0.25) is 0 Å². The Balaban J connectivity index is 1.32. The SMILES string of the molecule is Cc1noc(C)c1COc1ccc(CC(=O)Nc2cccc(N3CCCCC3=O)c2)cc1. The Bertz CT molecular complexity index is 1090. The van der Waals surface area contributed by atoms with Gasteiger partial charge in [0, 0.05) is 24.3 Å². The van der Waals surface area contributed by atoms with E-state index >= 15 is 0 Å². The molecule has 2 amide bonds. The van der Waals surface area contributed by atoms with Crippen LogP contribution < -0.4 is 15.0 Å². The molecule has 0 aliphatic carbocycles. The summed E-state index contributed by atoms with van der Waals surface area (Å²) in [5.41, 5.74) is 4.17. The first-order chi connectivity index (χ1) is 15.5. The fourth-order valence-corrected chi connectivity index (χ4v) is 3.79. The van der Waals surface area contributed by atoms with Crippen molar-refractivity contribution >= 4 is 23.2 Å². The lowest BCUT2D eigenvalue weighted by atomic mass is 10.1. The van der Waals surface area contributed by atoms with Crippen LogP contribution >= 0.6 is 0 Å². The van der Waals surface area contributed by atoms with Crippen molar-refractivity contribution in [3.63, 3.8) is 0 Å². The van der Waals surface area contributed by atoms with E-state index in [1.54, 1.807) is 4.90 Å². The van der Waals surface area contributed by atoms with Crippen LogP contribution in [0.25, 0.3) is 0 Å². The average Bonchev–Trinajstić information content (AvgIpc) is 3.11. The minimum absolute atomic E-state index is 0.114. The first kappa shape index (κ1) is 21.6. The first-order valence-electron chi connectivity index (χ1n) is 10.8. The molecule has 7 nitrogen and oxygen atoms in total. The van der Waals surface area contributed by atoms with Crippen molar-refractivity contribution in [2.24, 2.45) is 0 Å². The molecule has 1 aromatic heterocycles. The van der Waals surface area contributed by atoms with Crippen molar-refractivity contribution in [2.45, 2.75) is 46.1 Å². The van der Waals surface area contributed by atoms with Gasteiger partial charge in [0.05, 0.1) is 17.7 Å². The number of benzene rings is 2. The maximum atomic E-state index is 12.5. The van der Waals surface area contributed by atoms with E-state index < -0.39 is 0 Å². The Labute approximate surface area is 187 Å². The third kappa shape index (κ3) is 5.17. The Morgan fingerprint density at radius 3 is 2.69 bits per heavy atom. The van der Waals surface area contributed by atoms with Crippen LogP contribution in [0.15, 0.2) is 53.1 Å². The lowest BCUT2D eigenvalue weighted by Crippen LogP contribution is -2.35. The molecular formula is C25H27N3O4. The van der Waals surface area contributed by atoms with Gasteiger partial charge in [-0.3, -0.25) is 9.59 Å². The van der Waals surface area contributed by atoms with Gasteiger partial charge in [0.2, 0.25) is 11.8 Å². The molecule has 2 heterocycles. The first-order valence-corrected chi connectivity index (χ1v) is 10.8. The summed E-state index contributed by atoms with van der Waals surface area (Å²) in [5, 5.41) is 6.86. The smallest absolute Gasteiger partial charge is 0.228 e. The zero-order chi connectivity index (χ0) is 22.5. The number of hydrogen-bond acceptors (Lipinski definition) is 5. The number of aryl methyl sites for hydroxylation is 2. The van der Waals surface area contributed by atoms with Crippen LogP contribution in [-0.4, -0.2) is 23.5 Å². The summed E-state index contributed by atoms with van der Waals surface area (Å²) in [6.07, 6.45) is 2.77. The Hall–Kier alpha value is -3.61. The van der Waals surface area contributed by atoms with Crippen molar-refractivity contribution < 1.29 is 18.8 Å². The van der Waals surface area contributed by atoms with Gasteiger partial charge in [0.1, 0.15) is 18.1 Å². The van der Waals surface area contributed by atoms with Crippen LogP contribution in [0.3, 0.4) is 0 Å². The number of amides is 2. The molecule has 0 saturated carbocycles. The van der Waals surface area contributed by atoms with Crippen LogP contribution in [0.4, 0.5) is 11.4 Å². The van der Waals surface area contributed by atoms with E-state index in [4.69, 9.17) is 9.26 Å². The number of anilines is 2. The van der Waals surface area contributed by atoms with E-state index in [9.17, 15) is 9.59 Å². The molecule has 0 spiro atoms. The highest BCUT2D eigenvalue weighted by Gasteiger charge is 2.19. The number of nitrogens with zero attached hydrogens (tertiary/aromatic N) is 2. The molecule has 166 valence electrons. The standard InChI is InChI=1S/C25H27N3O4/c1-17-23(18(2)32-27-17)16-31-22-11-9-19(10-12-22)14-24(29)26-20-6-5-7-21(15-20)28-13-4-3-8-25(28)30/h5-7,9-12,15H,3-4,8,13-14,16H2,1-2H3,(H,26,29). The van der Waals surface area contributed by atoms with Gasteiger partial charge in [-0.05, 0) is 62.6 Å². The second-order valence-corrected chi connectivity index (χ2v) is 8.01. The highest BCUT2D eigenvalue weighted by atomic mass is 16.5. The third-order valence-electron chi connectivity index (χ3n) is 5.62. The number of carbonyl (C=O) groups excluding carboxylic acids is 2. The van der Waals surface area contributed by atoms with E-state index in [0.29, 0.717) is 24.5 Å². The van der Waals surface area contributed by atoms with Gasteiger partial charge in [-0.1, -0.05) is 23.4 Å². The number of nitrogens with one attached hydrogen (secondary N) is 1. The number of ether oxygens (including phenoxy) is 1. The van der Waals surface area contributed by atoms with Gasteiger partial charge in [-0.2, -0.15) is 0 Å². The lowest BCUT2D eigenvalue weighted by Gasteiger charge is -2.27. The van der Waals surface area contributed by atoms with Crippen LogP contribution in [0, 0.1) is 13.8 Å². The van der Waals surface area contributed by atoms with Gasteiger partial charge in [0.25, 0.3) is 0 Å². The fraction of sp³-hybridized carbons (Fsp3) is 0.320. The quantitative estimate of drug-likeness (QED) is 0.590. The summed E-state index contributed by atoms with van der Waals surface area (Å²) in [5.74, 6) is 1.49. The molecule has 1 fully saturated rings. The predicted molar refractivity (Wildman–Crippen MR) is 122 cm³/mol. The van der Waals surface area contributed by atoms with Crippen LogP contribution in [-0.2, 0) is 22.6 Å². The summed E-state index contributed by atoms with van der Waals surface area (Å²) in [6.45, 7) is 4.86. The number of rotatable bonds is 7. The molecule has 1 aliphatic heterocycles. The second-order valence-electron chi connectivity index (χ2n) is 8.01. The summed E-state index contributed by atoms with van der Waals surface area (Å²) in [4.78, 5) is 26.5. The van der Waals surface area contributed by atoms with Gasteiger partial charge in [0.15, 0.2) is 0 Å². The normalized spacial score (nSPS) is 13.8. The summed E-state index contributed by atoms with van der Waals surface area (Å²) in [7, 11) is 0. The Morgan fingerprint density at radius 2 is 1.97 bits per heavy atom. The van der Waals surface area contributed by atoms with E-state index in [-0.39, 0.29) is 18.2 Å². The maximum Gasteiger partial charge on any atom is 0.228 e. The van der Waals surface area contributed by atoms with Gasteiger partial charge in [-0.15, -0.1) is 0 Å². The van der Waals surface area contributed by atoms with Gasteiger partial charge in [-0.25, -0.2) is 0 Å². The fourth-order valence-electron chi connectivity index (χ4n) is 3.79. The summed E-state index contributed by atoms with van der Waals surface area (Å²) >= 11 is 0. The van der Waals surface area contributed by atoms with Crippen molar-refractivity contribution in [3.05, 3.63) is 71.1 Å². The largest absolute Gasteiger partial charge is 0.489 e. The van der Waals surface area contributed by atoms with Crippen molar-refractivity contribution in [3.8, 4) is 5.75 Å². The average molecular weight is 434 g/mol. The highest BCUT2D eigenvalue weighted by molar-refractivity contribution is 5.96. The molecule has 7 heteroatoms. The third-order valence-corrected chi connectivity index (χ3v) is 5.62. The van der Waals surface area contributed by atoms with E-state index in [0.717, 1.165) is 47.7 Å². The molecule has 4 rings (SSSR count). The zero-order valence-electron chi connectivity index (χ0n) is 18.4. The lowest BCUT2D eigenvalue weighted by molar-refractivity contribution is -0.119. The molecule has 0 atom stereocenters. The van der Waals surface area contributed by atoms with E-state index in [1.807, 2.05) is 62.4 Å². The highest BCUT2D eigenvalue weighted by Crippen LogP contribution is 2.24. The van der Waals surface area contributed by atoms with E-state index in [2.05, 4.69) is 10.5 Å². The number of carbonyl (C=O) groups is 2. The zero-order valence-corrected chi connectivity index (χ0v) is 18.4. The topological polar surface area (TPSA) is 84.7 Å². The number of piperidine rings is 1. The minimum atomic E-state index is -0.114. The molecule has 1 saturated heterocycles. The predicted octanol–water partition coefficient (Wildman–Crippen LogP) is 4.57. The summed E-state index contributed by atoms with van der Waals surface area (Å²) < 4.78 is 11.0. The molecule has 32 heavy (non-hydrogen) atoms.